The van der Waals surface area contributed by atoms with Gasteiger partial charge in [-0.2, -0.15) is 0 Å². The number of hydrogen-bond acceptors (Lipinski definition) is 4. The number of amides is 1. The van der Waals surface area contributed by atoms with Crippen LogP contribution in [-0.4, -0.2) is 22.5 Å². The first-order valence-corrected chi connectivity index (χ1v) is 6.80. The topological polar surface area (TPSA) is 87.7 Å². The Hall–Kier alpha value is -1.27. The maximum Gasteiger partial charge on any atom is 0.263 e. The fraction of sp³-hybridized carbons (Fsp3) is 0.455. The zero-order chi connectivity index (χ0) is 13.8. The molecule has 0 atom stereocenters. The monoisotopic (exact) mass is 289 g/mol. The molecule has 4 N–H and O–H groups in total. The first-order chi connectivity index (χ1) is 8.50. The van der Waals surface area contributed by atoms with Crippen molar-refractivity contribution >= 4 is 34.7 Å². The molecule has 1 aromatic rings. The molecule has 1 heterocycles. The molecule has 1 amide bonds. The van der Waals surface area contributed by atoms with Crippen molar-refractivity contribution in [2.45, 2.75) is 32.2 Å². The van der Waals surface area contributed by atoms with Crippen LogP contribution < -0.4 is 11.1 Å². The number of halogens is 1. The van der Waals surface area contributed by atoms with Crippen molar-refractivity contribution in [2.24, 2.45) is 10.9 Å². The number of nitrogens with two attached hydrogens (primary N) is 1. The van der Waals surface area contributed by atoms with Gasteiger partial charge in [-0.05, 0) is 24.3 Å². The first-order valence-electron chi connectivity index (χ1n) is 5.54. The van der Waals surface area contributed by atoms with Crippen molar-refractivity contribution in [3.8, 4) is 0 Å². The van der Waals surface area contributed by atoms with Crippen LogP contribution in [0, 0.1) is 0 Å². The first kappa shape index (κ1) is 14.8. The summed E-state index contributed by atoms with van der Waals surface area (Å²) in [6, 6.07) is 1.66. The van der Waals surface area contributed by atoms with Crippen LogP contribution in [-0.2, 0) is 0 Å². The van der Waals surface area contributed by atoms with Gasteiger partial charge in [0.2, 0.25) is 0 Å². The van der Waals surface area contributed by atoms with E-state index in [2.05, 4.69) is 10.5 Å². The van der Waals surface area contributed by atoms with Crippen molar-refractivity contribution in [1.82, 2.24) is 5.32 Å². The van der Waals surface area contributed by atoms with E-state index in [1.165, 1.54) is 11.3 Å². The summed E-state index contributed by atoms with van der Waals surface area (Å²) in [7, 11) is 0. The molecule has 0 spiro atoms. The summed E-state index contributed by atoms with van der Waals surface area (Å²) in [6.07, 6.45) is 1.04. The molecule has 1 aromatic heterocycles. The van der Waals surface area contributed by atoms with Crippen molar-refractivity contribution in [3.05, 3.63) is 21.3 Å². The van der Waals surface area contributed by atoms with Crippen molar-refractivity contribution < 1.29 is 10.0 Å². The molecule has 7 heteroatoms. The van der Waals surface area contributed by atoms with Gasteiger partial charge in [-0.15, -0.1) is 11.3 Å². The van der Waals surface area contributed by atoms with Gasteiger partial charge >= 0.3 is 0 Å². The van der Waals surface area contributed by atoms with Crippen LogP contribution in [0.5, 0.6) is 0 Å². The molecule has 5 nitrogen and oxygen atoms in total. The molecule has 100 valence electrons. The van der Waals surface area contributed by atoms with E-state index in [0.29, 0.717) is 22.7 Å². The molecule has 0 aliphatic heterocycles. The van der Waals surface area contributed by atoms with E-state index in [4.69, 9.17) is 22.5 Å². The summed E-state index contributed by atoms with van der Waals surface area (Å²) in [6.45, 7) is 3.72. The molecule has 0 aliphatic carbocycles. The van der Waals surface area contributed by atoms with Gasteiger partial charge in [-0.3, -0.25) is 4.79 Å². The van der Waals surface area contributed by atoms with Crippen LogP contribution in [0.25, 0.3) is 0 Å². The molecular weight excluding hydrogens is 274 g/mol. The van der Waals surface area contributed by atoms with Gasteiger partial charge in [0.1, 0.15) is 10.4 Å². The Morgan fingerprint density at radius 2 is 2.22 bits per heavy atom. The average Bonchev–Trinajstić information content (AvgIpc) is 2.81. The van der Waals surface area contributed by atoms with Crippen LogP contribution in [0.2, 0.25) is 5.02 Å². The largest absolute Gasteiger partial charge is 0.409 e. The lowest BCUT2D eigenvalue weighted by Gasteiger charge is -2.31. The number of nitrogens with zero attached hydrogens (tertiary/aromatic N) is 1. The molecule has 0 aliphatic rings. The number of hydrogen-bond donors (Lipinski definition) is 3. The molecule has 0 saturated carbocycles. The highest BCUT2D eigenvalue weighted by Gasteiger charge is 2.34. The number of nitrogens with one attached hydrogen (secondary N) is 1. The van der Waals surface area contributed by atoms with Gasteiger partial charge in [0.05, 0.1) is 5.02 Å². The second-order valence-electron chi connectivity index (χ2n) is 3.83. The molecule has 0 bridgehead atoms. The standard InChI is InChI=1S/C11H16ClN3O2S/c1-3-11(4-2,10(13)15-17)14-9(16)8-7(12)5-6-18-8/h5-6,17H,3-4H2,1-2H3,(H2,13,15)(H,14,16). The third-order valence-electron chi connectivity index (χ3n) is 2.98. The van der Waals surface area contributed by atoms with Gasteiger partial charge in [0.25, 0.3) is 5.91 Å². The van der Waals surface area contributed by atoms with Crippen LogP contribution in [0.1, 0.15) is 36.4 Å². The predicted octanol–water partition coefficient (Wildman–Crippen LogP) is 2.44. The number of carbonyl (C=O) groups excluding carboxylic acids is 1. The van der Waals surface area contributed by atoms with E-state index in [0.717, 1.165) is 0 Å². The van der Waals surface area contributed by atoms with E-state index >= 15 is 0 Å². The smallest absolute Gasteiger partial charge is 0.263 e. The maximum absolute atomic E-state index is 12.1. The minimum atomic E-state index is -0.848. The van der Waals surface area contributed by atoms with E-state index in [9.17, 15) is 4.79 Å². The molecule has 18 heavy (non-hydrogen) atoms. The normalized spacial score (nSPS) is 12.5. The predicted molar refractivity (Wildman–Crippen MR) is 73.5 cm³/mol. The average molecular weight is 290 g/mol. The van der Waals surface area contributed by atoms with Crippen molar-refractivity contribution in [1.29, 1.82) is 0 Å². The molecule has 0 saturated heterocycles. The highest BCUT2D eigenvalue weighted by Crippen LogP contribution is 2.24. The Balaban J connectivity index is 2.99. The third-order valence-corrected chi connectivity index (χ3v) is 4.32. The second-order valence-corrected chi connectivity index (χ2v) is 5.15. The quantitative estimate of drug-likeness (QED) is 0.337. The molecule has 0 radical (unpaired) electrons. The zero-order valence-corrected chi connectivity index (χ0v) is 11.8. The molecule has 0 unspecified atom stereocenters. The van der Waals surface area contributed by atoms with Gasteiger partial charge in [-0.1, -0.05) is 30.6 Å². The lowest BCUT2D eigenvalue weighted by molar-refractivity contribution is 0.0922. The Bertz CT molecular complexity index is 455. The number of thiophene rings is 1. The van der Waals surface area contributed by atoms with Gasteiger partial charge in [0, 0.05) is 0 Å². The minimum absolute atomic E-state index is 0.00599. The fourth-order valence-electron chi connectivity index (χ4n) is 1.68. The number of carbonyl (C=O) groups is 1. The fourth-order valence-corrected chi connectivity index (χ4v) is 2.71. The van der Waals surface area contributed by atoms with E-state index < -0.39 is 5.54 Å². The molecule has 1 rings (SSSR count). The van der Waals surface area contributed by atoms with Gasteiger partial charge in [0.15, 0.2) is 5.84 Å². The number of oxime groups is 1. The lowest BCUT2D eigenvalue weighted by atomic mass is 9.91. The summed E-state index contributed by atoms with van der Waals surface area (Å²) in [5, 5.41) is 16.8. The highest BCUT2D eigenvalue weighted by atomic mass is 35.5. The Labute approximate surface area is 115 Å². The Kier molecular flexibility index (Phi) is 4.98. The van der Waals surface area contributed by atoms with Crippen LogP contribution in [0.15, 0.2) is 16.6 Å². The van der Waals surface area contributed by atoms with Crippen LogP contribution >= 0.6 is 22.9 Å². The molecule has 0 fully saturated rings. The molecular formula is C11H16ClN3O2S. The summed E-state index contributed by atoms with van der Waals surface area (Å²) in [4.78, 5) is 12.5. The van der Waals surface area contributed by atoms with Crippen LogP contribution in [0.4, 0.5) is 0 Å². The summed E-state index contributed by atoms with van der Waals surface area (Å²) in [5.41, 5.74) is 4.82. The van der Waals surface area contributed by atoms with Crippen molar-refractivity contribution in [3.63, 3.8) is 0 Å². The van der Waals surface area contributed by atoms with Crippen molar-refractivity contribution in [2.75, 3.05) is 0 Å². The van der Waals surface area contributed by atoms with Gasteiger partial charge < -0.3 is 16.3 Å². The highest BCUT2D eigenvalue weighted by molar-refractivity contribution is 7.12. The Morgan fingerprint density at radius 3 is 2.61 bits per heavy atom. The summed E-state index contributed by atoms with van der Waals surface area (Å²) < 4.78 is 0. The number of amidine groups is 1. The lowest BCUT2D eigenvalue weighted by Crippen LogP contribution is -2.56. The zero-order valence-electron chi connectivity index (χ0n) is 10.2. The third kappa shape index (κ3) is 2.76. The van der Waals surface area contributed by atoms with E-state index in [-0.39, 0.29) is 11.7 Å². The molecule has 0 aromatic carbocycles. The van der Waals surface area contributed by atoms with E-state index in [1.54, 1.807) is 11.4 Å². The summed E-state index contributed by atoms with van der Waals surface area (Å²) >= 11 is 7.15. The van der Waals surface area contributed by atoms with Gasteiger partial charge in [-0.25, -0.2) is 0 Å². The maximum atomic E-state index is 12.1. The SMILES string of the molecule is CCC(CC)(NC(=O)c1sccc1Cl)/C(N)=N/O. The Morgan fingerprint density at radius 1 is 1.61 bits per heavy atom. The van der Waals surface area contributed by atoms with E-state index in [1.807, 2.05) is 13.8 Å². The second kappa shape index (κ2) is 6.06. The minimum Gasteiger partial charge on any atom is -0.409 e. The summed E-state index contributed by atoms with van der Waals surface area (Å²) in [5.74, 6) is -0.321. The number of rotatable bonds is 5. The van der Waals surface area contributed by atoms with Crippen LogP contribution in [0.3, 0.4) is 0 Å².